The zero-order valence-electron chi connectivity index (χ0n) is 18.3. The zero-order chi connectivity index (χ0) is 21.8. The number of rotatable bonds is 7. The molecule has 3 atom stereocenters. The van der Waals surface area contributed by atoms with Gasteiger partial charge in [0.2, 0.25) is 5.82 Å². The van der Waals surface area contributed by atoms with Crippen LogP contribution in [-0.4, -0.2) is 44.4 Å². The number of nitrogens with zero attached hydrogens (tertiary/aromatic N) is 5. The number of halogens is 1. The Labute approximate surface area is 182 Å². The van der Waals surface area contributed by atoms with Crippen LogP contribution in [0.4, 0.5) is 4.39 Å². The maximum absolute atomic E-state index is 13.8. The molecular formula is C23H30FN6O+. The minimum absolute atomic E-state index is 0.175. The standard InChI is InChI=1S/C23H29FN6O/c1-23(2,3)30-22(26-27-28-30)21(18-8-10-19(24)11-9-18)29(16-20-7-5-13-31-20)15-17-6-4-12-25-14-17/h4,6,8-12,14,20-21H,5,7,13,15-16H2,1-3H3/p+1/t20-,21+/m0/s1. The monoisotopic (exact) mass is 425 g/mol. The van der Waals surface area contributed by atoms with E-state index >= 15 is 0 Å². The average molecular weight is 426 g/mol. The van der Waals surface area contributed by atoms with Gasteiger partial charge < -0.3 is 9.64 Å². The van der Waals surface area contributed by atoms with Gasteiger partial charge in [0.1, 0.15) is 25.0 Å². The van der Waals surface area contributed by atoms with Gasteiger partial charge in [0, 0.05) is 30.1 Å². The fourth-order valence-electron chi connectivity index (χ4n) is 4.23. The highest BCUT2D eigenvalue weighted by molar-refractivity contribution is 5.23. The maximum atomic E-state index is 13.8. The fraction of sp³-hybridized carbons (Fsp3) is 0.478. The van der Waals surface area contributed by atoms with Crippen molar-refractivity contribution in [2.24, 2.45) is 0 Å². The second kappa shape index (κ2) is 9.20. The van der Waals surface area contributed by atoms with Crippen molar-refractivity contribution >= 4 is 0 Å². The van der Waals surface area contributed by atoms with Crippen LogP contribution in [0.1, 0.15) is 56.6 Å². The quantitative estimate of drug-likeness (QED) is 0.629. The third-order valence-electron chi connectivity index (χ3n) is 5.67. The number of tetrazole rings is 1. The number of benzene rings is 1. The van der Waals surface area contributed by atoms with Crippen LogP contribution in [0.3, 0.4) is 0 Å². The third kappa shape index (κ3) is 5.14. The van der Waals surface area contributed by atoms with Gasteiger partial charge in [-0.05, 0) is 74.4 Å². The van der Waals surface area contributed by atoms with Crippen molar-refractivity contribution in [1.29, 1.82) is 0 Å². The van der Waals surface area contributed by atoms with Crippen LogP contribution in [0.2, 0.25) is 0 Å². The number of hydrogen-bond donors (Lipinski definition) is 1. The van der Waals surface area contributed by atoms with Crippen molar-refractivity contribution in [3.63, 3.8) is 0 Å². The van der Waals surface area contributed by atoms with E-state index in [2.05, 4.69) is 47.3 Å². The highest BCUT2D eigenvalue weighted by atomic mass is 19.1. The second-order valence-electron chi connectivity index (χ2n) is 9.14. The average Bonchev–Trinajstić information content (AvgIpc) is 3.42. The molecule has 1 fully saturated rings. The van der Waals surface area contributed by atoms with E-state index in [4.69, 9.17) is 4.74 Å². The van der Waals surface area contributed by atoms with Crippen molar-refractivity contribution < 1.29 is 14.0 Å². The molecule has 0 amide bonds. The van der Waals surface area contributed by atoms with E-state index in [9.17, 15) is 4.39 Å². The van der Waals surface area contributed by atoms with Gasteiger partial charge in [-0.15, -0.1) is 5.10 Å². The van der Waals surface area contributed by atoms with Crippen molar-refractivity contribution in [2.75, 3.05) is 13.2 Å². The van der Waals surface area contributed by atoms with Crippen molar-refractivity contribution in [1.82, 2.24) is 25.2 Å². The lowest BCUT2D eigenvalue weighted by Crippen LogP contribution is -3.12. The molecule has 31 heavy (non-hydrogen) atoms. The van der Waals surface area contributed by atoms with Crippen LogP contribution in [-0.2, 0) is 16.8 Å². The molecule has 0 spiro atoms. The van der Waals surface area contributed by atoms with Crippen LogP contribution < -0.4 is 4.90 Å². The van der Waals surface area contributed by atoms with Gasteiger partial charge in [-0.1, -0.05) is 6.07 Å². The molecule has 0 radical (unpaired) electrons. The van der Waals surface area contributed by atoms with Crippen molar-refractivity contribution in [3.8, 4) is 0 Å². The molecule has 164 valence electrons. The Hall–Kier alpha value is -2.71. The molecule has 3 aromatic rings. The summed E-state index contributed by atoms with van der Waals surface area (Å²) in [5.41, 5.74) is 1.80. The summed E-state index contributed by atoms with van der Waals surface area (Å²) in [5.74, 6) is 0.502. The molecule has 1 saturated heterocycles. The van der Waals surface area contributed by atoms with E-state index in [-0.39, 0.29) is 23.5 Å². The molecule has 0 aliphatic carbocycles. The van der Waals surface area contributed by atoms with E-state index in [0.717, 1.165) is 49.5 Å². The summed E-state index contributed by atoms with van der Waals surface area (Å²) in [6, 6.07) is 10.5. The van der Waals surface area contributed by atoms with E-state index in [1.54, 1.807) is 6.20 Å². The summed E-state index contributed by atoms with van der Waals surface area (Å²) in [6.45, 7) is 8.56. The molecule has 3 heterocycles. The third-order valence-corrected chi connectivity index (χ3v) is 5.67. The number of nitrogens with one attached hydrogen (secondary N) is 1. The first-order valence-corrected chi connectivity index (χ1v) is 10.8. The van der Waals surface area contributed by atoms with Gasteiger partial charge in [-0.25, -0.2) is 9.07 Å². The molecular weight excluding hydrogens is 395 g/mol. The number of pyridine rings is 1. The van der Waals surface area contributed by atoms with Gasteiger partial charge in [0.25, 0.3) is 0 Å². The van der Waals surface area contributed by atoms with Gasteiger partial charge in [0.05, 0.1) is 5.54 Å². The first-order valence-electron chi connectivity index (χ1n) is 10.8. The maximum Gasteiger partial charge on any atom is 0.214 e. The molecule has 0 saturated carbocycles. The van der Waals surface area contributed by atoms with E-state index in [0.29, 0.717) is 0 Å². The summed E-state index contributed by atoms with van der Waals surface area (Å²) >= 11 is 0. The minimum Gasteiger partial charge on any atom is -0.372 e. The Kier molecular flexibility index (Phi) is 6.38. The summed E-state index contributed by atoms with van der Waals surface area (Å²) in [7, 11) is 0. The van der Waals surface area contributed by atoms with Crippen LogP contribution in [0.15, 0.2) is 48.8 Å². The molecule has 7 nitrogen and oxygen atoms in total. The molecule has 1 aromatic carbocycles. The Balaban J connectivity index is 1.79. The predicted molar refractivity (Wildman–Crippen MR) is 114 cm³/mol. The summed E-state index contributed by atoms with van der Waals surface area (Å²) in [4.78, 5) is 5.54. The van der Waals surface area contributed by atoms with Crippen molar-refractivity contribution in [2.45, 2.75) is 57.8 Å². The lowest BCUT2D eigenvalue weighted by molar-refractivity contribution is -0.942. The largest absolute Gasteiger partial charge is 0.372 e. The fourth-order valence-corrected chi connectivity index (χ4v) is 4.23. The molecule has 2 aromatic heterocycles. The van der Waals surface area contributed by atoms with Gasteiger partial charge in [0.15, 0.2) is 6.04 Å². The Morgan fingerprint density at radius 1 is 1.23 bits per heavy atom. The van der Waals surface area contributed by atoms with Gasteiger partial charge in [-0.2, -0.15) is 0 Å². The summed E-state index contributed by atoms with van der Waals surface area (Å²) < 4.78 is 21.6. The topological polar surface area (TPSA) is 70.2 Å². The summed E-state index contributed by atoms with van der Waals surface area (Å²) in [5, 5.41) is 12.8. The highest BCUT2D eigenvalue weighted by Crippen LogP contribution is 2.23. The van der Waals surface area contributed by atoms with Crippen LogP contribution in [0.5, 0.6) is 0 Å². The minimum atomic E-state index is -0.291. The molecule has 8 heteroatoms. The SMILES string of the molecule is CC(C)(C)n1nnnc1[C@@H](c1ccc(F)cc1)[NH+](Cc1cccnc1)C[C@@H]1CCCO1. The number of hydrogen-bond acceptors (Lipinski definition) is 5. The molecule has 1 aliphatic rings. The van der Waals surface area contributed by atoms with E-state index in [1.807, 2.05) is 29.1 Å². The number of ether oxygens (including phenoxy) is 1. The smallest absolute Gasteiger partial charge is 0.214 e. The molecule has 4 rings (SSSR count). The van der Waals surface area contributed by atoms with Gasteiger partial charge in [-0.3, -0.25) is 4.98 Å². The first-order chi connectivity index (χ1) is 14.9. The Morgan fingerprint density at radius 2 is 2.03 bits per heavy atom. The highest BCUT2D eigenvalue weighted by Gasteiger charge is 2.36. The summed E-state index contributed by atoms with van der Waals surface area (Å²) in [6.07, 6.45) is 5.96. The number of aromatic nitrogens is 5. The normalized spacial score (nSPS) is 18.8. The van der Waals surface area contributed by atoms with Crippen LogP contribution in [0.25, 0.3) is 0 Å². The zero-order valence-corrected chi connectivity index (χ0v) is 18.3. The molecule has 1 aliphatic heterocycles. The van der Waals surface area contributed by atoms with Crippen LogP contribution in [0, 0.1) is 5.82 Å². The number of quaternary nitrogens is 1. The van der Waals surface area contributed by atoms with Gasteiger partial charge >= 0.3 is 0 Å². The molecule has 0 bridgehead atoms. The second-order valence-corrected chi connectivity index (χ2v) is 9.14. The van der Waals surface area contributed by atoms with Crippen molar-refractivity contribution in [3.05, 3.63) is 71.6 Å². The van der Waals surface area contributed by atoms with Crippen LogP contribution >= 0.6 is 0 Å². The molecule has 1 unspecified atom stereocenters. The van der Waals surface area contributed by atoms with E-state index in [1.165, 1.54) is 17.0 Å². The lowest BCUT2D eigenvalue weighted by atomic mass is 10.0. The Morgan fingerprint density at radius 3 is 2.68 bits per heavy atom. The lowest BCUT2D eigenvalue weighted by Gasteiger charge is -2.31. The molecule has 1 N–H and O–H groups in total. The first kappa shape index (κ1) is 21.5. The Bertz CT molecular complexity index is 964. The predicted octanol–water partition coefficient (Wildman–Crippen LogP) is 2.32. The van der Waals surface area contributed by atoms with E-state index < -0.39 is 0 Å².